The van der Waals surface area contributed by atoms with E-state index >= 15 is 0 Å². The average Bonchev–Trinajstić information content (AvgIpc) is 2.48. The number of hydrogen-bond acceptors (Lipinski definition) is 4. The first kappa shape index (κ1) is 15.4. The van der Waals surface area contributed by atoms with E-state index in [4.69, 9.17) is 28.9 Å². The summed E-state index contributed by atoms with van der Waals surface area (Å²) in [4.78, 5) is 8.96. The van der Waals surface area contributed by atoms with Crippen LogP contribution in [0.4, 0.5) is 11.5 Å². The van der Waals surface area contributed by atoms with E-state index < -0.39 is 0 Å². The van der Waals surface area contributed by atoms with Crippen molar-refractivity contribution in [3.05, 3.63) is 52.1 Å². The summed E-state index contributed by atoms with van der Waals surface area (Å²) in [5.74, 6) is 0.815. The molecule has 2 heterocycles. The number of nitrogen functional groups attached to an aromatic ring is 1. The molecule has 1 aliphatic rings. The largest absolute Gasteiger partial charge is 0.399 e. The number of hydrogen-bond donors (Lipinski definition) is 1. The van der Waals surface area contributed by atoms with Gasteiger partial charge < -0.3 is 10.6 Å². The Morgan fingerprint density at radius 1 is 1.09 bits per heavy atom. The van der Waals surface area contributed by atoms with Gasteiger partial charge in [0.1, 0.15) is 5.82 Å². The number of piperazine rings is 1. The Bertz CT molecular complexity index is 654. The van der Waals surface area contributed by atoms with E-state index in [1.54, 1.807) is 12.3 Å². The van der Waals surface area contributed by atoms with Crippen molar-refractivity contribution in [3.8, 4) is 0 Å². The molecule has 1 fully saturated rings. The van der Waals surface area contributed by atoms with Crippen LogP contribution in [0, 0.1) is 0 Å². The first-order valence-electron chi connectivity index (χ1n) is 7.24. The van der Waals surface area contributed by atoms with Crippen LogP contribution >= 0.6 is 23.2 Å². The quantitative estimate of drug-likeness (QED) is 0.873. The molecule has 6 heteroatoms. The highest BCUT2D eigenvalue weighted by atomic mass is 35.5. The Labute approximate surface area is 140 Å². The topological polar surface area (TPSA) is 45.4 Å². The van der Waals surface area contributed by atoms with Gasteiger partial charge in [-0.3, -0.25) is 4.90 Å². The molecular weight excluding hydrogens is 319 g/mol. The SMILES string of the molecule is Nc1cccc(CN2CCN(c3ncc(Cl)cc3Cl)CC2)c1. The van der Waals surface area contributed by atoms with E-state index in [1.165, 1.54) is 5.56 Å². The summed E-state index contributed by atoms with van der Waals surface area (Å²) in [5.41, 5.74) is 7.89. The normalized spacial score (nSPS) is 16.0. The second-order valence-electron chi connectivity index (χ2n) is 5.47. The van der Waals surface area contributed by atoms with Crippen LogP contribution in [0.2, 0.25) is 10.0 Å². The Morgan fingerprint density at radius 3 is 2.55 bits per heavy atom. The predicted octanol–water partition coefficient (Wildman–Crippen LogP) is 3.29. The molecule has 22 heavy (non-hydrogen) atoms. The molecule has 0 bridgehead atoms. The summed E-state index contributed by atoms with van der Waals surface area (Å²) in [6.07, 6.45) is 1.64. The van der Waals surface area contributed by atoms with Crippen LogP contribution in [0.3, 0.4) is 0 Å². The predicted molar refractivity (Wildman–Crippen MR) is 92.6 cm³/mol. The number of rotatable bonds is 3. The second kappa shape index (κ2) is 6.73. The van der Waals surface area contributed by atoms with Crippen LogP contribution in [0.1, 0.15) is 5.56 Å². The highest BCUT2D eigenvalue weighted by molar-refractivity contribution is 6.36. The molecule has 0 amide bonds. The third-order valence-electron chi connectivity index (χ3n) is 3.82. The van der Waals surface area contributed by atoms with E-state index in [2.05, 4.69) is 20.9 Å². The number of pyridine rings is 1. The van der Waals surface area contributed by atoms with Crippen LogP contribution < -0.4 is 10.6 Å². The molecule has 1 aromatic carbocycles. The van der Waals surface area contributed by atoms with Gasteiger partial charge in [0.25, 0.3) is 0 Å². The van der Waals surface area contributed by atoms with Crippen molar-refractivity contribution in [2.75, 3.05) is 36.8 Å². The van der Waals surface area contributed by atoms with Gasteiger partial charge >= 0.3 is 0 Å². The van der Waals surface area contributed by atoms with Crippen molar-refractivity contribution >= 4 is 34.7 Å². The van der Waals surface area contributed by atoms with E-state index in [1.807, 2.05) is 18.2 Å². The summed E-state index contributed by atoms with van der Waals surface area (Å²) in [5, 5.41) is 1.17. The molecule has 0 spiro atoms. The smallest absolute Gasteiger partial charge is 0.147 e. The standard InChI is InChI=1S/C16H18Cl2N4/c17-13-9-15(18)16(20-10-13)22-6-4-21(5-7-22)11-12-2-1-3-14(19)8-12/h1-3,8-10H,4-7,11,19H2. The van der Waals surface area contributed by atoms with Crippen molar-refractivity contribution < 1.29 is 0 Å². The maximum Gasteiger partial charge on any atom is 0.147 e. The van der Waals surface area contributed by atoms with Gasteiger partial charge in [-0.25, -0.2) is 4.98 Å². The summed E-state index contributed by atoms with van der Waals surface area (Å²) in [7, 11) is 0. The van der Waals surface area contributed by atoms with Crippen LogP contribution in [0.25, 0.3) is 0 Å². The fraction of sp³-hybridized carbons (Fsp3) is 0.312. The zero-order valence-corrected chi connectivity index (χ0v) is 13.7. The molecule has 116 valence electrons. The first-order chi connectivity index (χ1) is 10.6. The molecule has 0 saturated carbocycles. The van der Waals surface area contributed by atoms with Crippen LogP contribution in [-0.4, -0.2) is 36.1 Å². The van der Waals surface area contributed by atoms with E-state index in [-0.39, 0.29) is 0 Å². The third-order valence-corrected chi connectivity index (χ3v) is 4.30. The highest BCUT2D eigenvalue weighted by Crippen LogP contribution is 2.27. The molecular formula is C16H18Cl2N4. The number of benzene rings is 1. The zero-order valence-electron chi connectivity index (χ0n) is 12.2. The Kier molecular flexibility index (Phi) is 4.71. The van der Waals surface area contributed by atoms with Gasteiger partial charge in [0.2, 0.25) is 0 Å². The van der Waals surface area contributed by atoms with Crippen molar-refractivity contribution in [2.24, 2.45) is 0 Å². The Balaban J connectivity index is 1.60. The van der Waals surface area contributed by atoms with Gasteiger partial charge in [-0.1, -0.05) is 35.3 Å². The molecule has 0 unspecified atom stereocenters. The fourth-order valence-corrected chi connectivity index (χ4v) is 3.21. The maximum absolute atomic E-state index is 6.23. The van der Waals surface area contributed by atoms with Gasteiger partial charge in [-0.15, -0.1) is 0 Å². The molecule has 0 aliphatic carbocycles. The van der Waals surface area contributed by atoms with Gasteiger partial charge in [0.05, 0.1) is 10.0 Å². The lowest BCUT2D eigenvalue weighted by Gasteiger charge is -2.35. The van der Waals surface area contributed by atoms with Crippen molar-refractivity contribution in [1.82, 2.24) is 9.88 Å². The Hall–Kier alpha value is -1.49. The molecule has 4 nitrogen and oxygen atoms in total. The molecule has 1 aliphatic heterocycles. The summed E-state index contributed by atoms with van der Waals surface area (Å²) >= 11 is 12.1. The fourth-order valence-electron chi connectivity index (χ4n) is 2.71. The van der Waals surface area contributed by atoms with Gasteiger partial charge in [-0.05, 0) is 23.8 Å². The van der Waals surface area contributed by atoms with Crippen molar-refractivity contribution in [3.63, 3.8) is 0 Å². The lowest BCUT2D eigenvalue weighted by Crippen LogP contribution is -2.46. The number of nitrogens with two attached hydrogens (primary N) is 1. The summed E-state index contributed by atoms with van der Waals surface area (Å²) < 4.78 is 0. The van der Waals surface area contributed by atoms with Gasteiger partial charge in [0.15, 0.2) is 0 Å². The van der Waals surface area contributed by atoms with Gasteiger partial charge in [-0.2, -0.15) is 0 Å². The first-order valence-corrected chi connectivity index (χ1v) is 8.00. The van der Waals surface area contributed by atoms with E-state index in [9.17, 15) is 0 Å². The highest BCUT2D eigenvalue weighted by Gasteiger charge is 2.20. The zero-order chi connectivity index (χ0) is 15.5. The third kappa shape index (κ3) is 3.64. The van der Waals surface area contributed by atoms with Crippen LogP contribution in [0.5, 0.6) is 0 Å². The van der Waals surface area contributed by atoms with Crippen LogP contribution in [0.15, 0.2) is 36.5 Å². The molecule has 1 saturated heterocycles. The minimum absolute atomic E-state index is 0.564. The summed E-state index contributed by atoms with van der Waals surface area (Å²) in [6, 6.07) is 9.79. The van der Waals surface area contributed by atoms with Gasteiger partial charge in [0, 0.05) is 44.6 Å². The number of nitrogens with zero attached hydrogens (tertiary/aromatic N) is 3. The molecule has 3 rings (SSSR count). The minimum Gasteiger partial charge on any atom is -0.399 e. The monoisotopic (exact) mass is 336 g/mol. The summed E-state index contributed by atoms with van der Waals surface area (Å²) in [6.45, 7) is 4.65. The number of halogens is 2. The van der Waals surface area contributed by atoms with E-state index in [0.29, 0.717) is 10.0 Å². The molecule has 0 radical (unpaired) electrons. The van der Waals surface area contributed by atoms with Crippen molar-refractivity contribution in [1.29, 1.82) is 0 Å². The average molecular weight is 337 g/mol. The minimum atomic E-state index is 0.564. The second-order valence-corrected chi connectivity index (χ2v) is 6.31. The molecule has 2 N–H and O–H groups in total. The number of aromatic nitrogens is 1. The Morgan fingerprint density at radius 2 is 1.86 bits per heavy atom. The molecule has 0 atom stereocenters. The molecule has 1 aromatic heterocycles. The number of anilines is 2. The maximum atomic E-state index is 6.23. The lowest BCUT2D eigenvalue weighted by molar-refractivity contribution is 0.249. The molecule has 2 aromatic rings. The van der Waals surface area contributed by atoms with E-state index in [0.717, 1.165) is 44.2 Å². The lowest BCUT2D eigenvalue weighted by atomic mass is 10.2. The van der Waals surface area contributed by atoms with Crippen LogP contribution in [-0.2, 0) is 6.54 Å². The van der Waals surface area contributed by atoms with Crippen molar-refractivity contribution in [2.45, 2.75) is 6.54 Å².